The molecule has 0 amide bonds. The number of aliphatic hydroxyl groups excluding tert-OH is 1. The minimum absolute atomic E-state index is 0.227. The van der Waals surface area contributed by atoms with Crippen LogP contribution in [0, 0.1) is 0 Å². The van der Waals surface area contributed by atoms with Crippen molar-refractivity contribution in [2.45, 2.75) is 65.9 Å². The summed E-state index contributed by atoms with van der Waals surface area (Å²) in [5.41, 5.74) is 3.76. The SMILES string of the molecule is CC(C)=CCC/C(C)=C/CC/C(C)=C/C(O)CC(=O)O. The molecule has 2 N–H and O–H groups in total. The molecular formula is C17H28O3. The van der Waals surface area contributed by atoms with Gasteiger partial charge < -0.3 is 10.2 Å². The lowest BCUT2D eigenvalue weighted by atomic mass is 10.0. The fraction of sp³-hybridized carbons (Fsp3) is 0.588. The first-order valence-corrected chi connectivity index (χ1v) is 7.17. The van der Waals surface area contributed by atoms with Crippen LogP contribution in [-0.4, -0.2) is 22.3 Å². The first-order chi connectivity index (χ1) is 9.31. The van der Waals surface area contributed by atoms with E-state index in [-0.39, 0.29) is 6.42 Å². The minimum Gasteiger partial charge on any atom is -0.481 e. The highest BCUT2D eigenvalue weighted by Gasteiger charge is 2.06. The molecule has 3 heteroatoms. The maximum Gasteiger partial charge on any atom is 0.306 e. The Morgan fingerprint density at radius 2 is 1.55 bits per heavy atom. The van der Waals surface area contributed by atoms with E-state index in [2.05, 4.69) is 32.9 Å². The van der Waals surface area contributed by atoms with Crippen LogP contribution in [0.25, 0.3) is 0 Å². The third-order valence-electron chi connectivity index (χ3n) is 2.98. The molecule has 0 aliphatic carbocycles. The van der Waals surface area contributed by atoms with Gasteiger partial charge in [-0.05, 0) is 53.4 Å². The normalized spacial score (nSPS) is 14.1. The van der Waals surface area contributed by atoms with Gasteiger partial charge in [0, 0.05) is 0 Å². The second kappa shape index (κ2) is 10.4. The van der Waals surface area contributed by atoms with Crippen molar-refractivity contribution >= 4 is 5.97 Å². The Morgan fingerprint density at radius 3 is 2.10 bits per heavy atom. The summed E-state index contributed by atoms with van der Waals surface area (Å²) in [6.45, 7) is 8.28. The van der Waals surface area contributed by atoms with Gasteiger partial charge in [0.15, 0.2) is 0 Å². The maximum absolute atomic E-state index is 10.4. The van der Waals surface area contributed by atoms with Crippen LogP contribution in [-0.2, 0) is 4.79 Å². The second-order valence-corrected chi connectivity index (χ2v) is 5.59. The van der Waals surface area contributed by atoms with E-state index in [0.717, 1.165) is 31.3 Å². The van der Waals surface area contributed by atoms with Crippen molar-refractivity contribution in [3.8, 4) is 0 Å². The molecule has 0 saturated heterocycles. The number of aliphatic hydroxyl groups is 1. The molecule has 0 bridgehead atoms. The van der Waals surface area contributed by atoms with Crippen LogP contribution < -0.4 is 0 Å². The molecule has 20 heavy (non-hydrogen) atoms. The number of carboxylic acids is 1. The van der Waals surface area contributed by atoms with Crippen LogP contribution in [0.3, 0.4) is 0 Å². The maximum atomic E-state index is 10.4. The number of aliphatic carboxylic acids is 1. The van der Waals surface area contributed by atoms with Crippen molar-refractivity contribution in [1.29, 1.82) is 0 Å². The van der Waals surface area contributed by atoms with Crippen LogP contribution in [0.5, 0.6) is 0 Å². The molecule has 0 radical (unpaired) electrons. The number of allylic oxidation sites excluding steroid dienone is 5. The topological polar surface area (TPSA) is 57.5 Å². The van der Waals surface area contributed by atoms with Crippen molar-refractivity contribution in [3.63, 3.8) is 0 Å². The molecule has 0 aliphatic heterocycles. The van der Waals surface area contributed by atoms with Crippen molar-refractivity contribution in [3.05, 3.63) is 34.9 Å². The van der Waals surface area contributed by atoms with Gasteiger partial charge in [-0.1, -0.05) is 34.9 Å². The summed E-state index contributed by atoms with van der Waals surface area (Å²) >= 11 is 0. The van der Waals surface area contributed by atoms with Gasteiger partial charge in [0.1, 0.15) is 0 Å². The molecule has 0 heterocycles. The Labute approximate surface area is 122 Å². The summed E-state index contributed by atoms with van der Waals surface area (Å²) < 4.78 is 0. The van der Waals surface area contributed by atoms with Gasteiger partial charge in [0.05, 0.1) is 12.5 Å². The molecule has 0 spiro atoms. The van der Waals surface area contributed by atoms with E-state index in [0.29, 0.717) is 0 Å². The van der Waals surface area contributed by atoms with Gasteiger partial charge in [0.25, 0.3) is 0 Å². The van der Waals surface area contributed by atoms with E-state index in [4.69, 9.17) is 5.11 Å². The Kier molecular flexibility index (Phi) is 9.73. The Hall–Kier alpha value is -1.35. The molecular weight excluding hydrogens is 252 g/mol. The molecule has 3 nitrogen and oxygen atoms in total. The van der Waals surface area contributed by atoms with Crippen LogP contribution in [0.4, 0.5) is 0 Å². The fourth-order valence-electron chi connectivity index (χ4n) is 1.89. The third-order valence-corrected chi connectivity index (χ3v) is 2.98. The predicted octanol–water partition coefficient (Wildman–Crippen LogP) is 4.24. The molecule has 0 aromatic carbocycles. The molecule has 0 rings (SSSR count). The average Bonchev–Trinajstić information content (AvgIpc) is 2.26. The van der Waals surface area contributed by atoms with Gasteiger partial charge >= 0.3 is 5.97 Å². The van der Waals surface area contributed by atoms with Crippen molar-refractivity contribution in [2.75, 3.05) is 0 Å². The first-order valence-electron chi connectivity index (χ1n) is 7.17. The fourth-order valence-corrected chi connectivity index (χ4v) is 1.89. The standard InChI is InChI=1S/C17H28O3/c1-13(2)7-5-8-14(3)9-6-10-15(4)11-16(18)12-17(19)20/h7,9,11,16,18H,5-6,8,10,12H2,1-4H3,(H,19,20)/b14-9+,15-11+. The molecule has 1 unspecified atom stereocenters. The molecule has 0 aliphatic rings. The predicted molar refractivity (Wildman–Crippen MR) is 83.7 cm³/mol. The zero-order valence-corrected chi connectivity index (χ0v) is 13.1. The molecule has 0 saturated carbocycles. The first kappa shape index (κ1) is 18.7. The van der Waals surface area contributed by atoms with E-state index in [9.17, 15) is 9.90 Å². The van der Waals surface area contributed by atoms with Crippen LogP contribution in [0.1, 0.15) is 59.8 Å². The van der Waals surface area contributed by atoms with Gasteiger partial charge in [0.2, 0.25) is 0 Å². The largest absolute Gasteiger partial charge is 0.481 e. The number of hydrogen-bond donors (Lipinski definition) is 2. The average molecular weight is 280 g/mol. The van der Waals surface area contributed by atoms with E-state index in [1.165, 1.54) is 11.1 Å². The number of hydrogen-bond acceptors (Lipinski definition) is 2. The van der Waals surface area contributed by atoms with Crippen LogP contribution in [0.15, 0.2) is 34.9 Å². The Bertz CT molecular complexity index is 385. The highest BCUT2D eigenvalue weighted by molar-refractivity contribution is 5.67. The highest BCUT2D eigenvalue weighted by atomic mass is 16.4. The summed E-state index contributed by atoms with van der Waals surface area (Å²) in [6, 6.07) is 0. The smallest absolute Gasteiger partial charge is 0.306 e. The lowest BCUT2D eigenvalue weighted by Gasteiger charge is -2.05. The zero-order valence-electron chi connectivity index (χ0n) is 13.1. The summed E-state index contributed by atoms with van der Waals surface area (Å²) in [5.74, 6) is -0.975. The van der Waals surface area contributed by atoms with Crippen LogP contribution in [0.2, 0.25) is 0 Å². The molecule has 114 valence electrons. The number of carbonyl (C=O) groups is 1. The van der Waals surface area contributed by atoms with Crippen molar-refractivity contribution in [2.24, 2.45) is 0 Å². The highest BCUT2D eigenvalue weighted by Crippen LogP contribution is 2.12. The molecule has 0 aromatic rings. The minimum atomic E-state index is -0.975. The molecule has 0 fully saturated rings. The monoisotopic (exact) mass is 280 g/mol. The quantitative estimate of drug-likeness (QED) is 0.621. The van der Waals surface area contributed by atoms with Crippen molar-refractivity contribution < 1.29 is 15.0 Å². The third kappa shape index (κ3) is 11.7. The van der Waals surface area contributed by atoms with Gasteiger partial charge in [-0.2, -0.15) is 0 Å². The van der Waals surface area contributed by atoms with Crippen LogP contribution >= 0.6 is 0 Å². The summed E-state index contributed by atoms with van der Waals surface area (Å²) in [7, 11) is 0. The van der Waals surface area contributed by atoms with Crippen molar-refractivity contribution in [1.82, 2.24) is 0 Å². The van der Waals surface area contributed by atoms with E-state index < -0.39 is 12.1 Å². The Balaban J connectivity index is 4.05. The van der Waals surface area contributed by atoms with Gasteiger partial charge in [-0.25, -0.2) is 0 Å². The summed E-state index contributed by atoms with van der Waals surface area (Å²) in [5, 5.41) is 18.1. The summed E-state index contributed by atoms with van der Waals surface area (Å²) in [4.78, 5) is 10.4. The van der Waals surface area contributed by atoms with E-state index >= 15 is 0 Å². The second-order valence-electron chi connectivity index (χ2n) is 5.59. The molecule has 1 atom stereocenters. The number of rotatable bonds is 9. The van der Waals surface area contributed by atoms with E-state index in [1.807, 2.05) is 6.92 Å². The zero-order chi connectivity index (χ0) is 15.5. The van der Waals surface area contributed by atoms with Gasteiger partial charge in [-0.15, -0.1) is 0 Å². The summed E-state index contributed by atoms with van der Waals surface area (Å²) in [6.07, 6.45) is 8.95. The Morgan fingerprint density at radius 1 is 1.00 bits per heavy atom. The number of carboxylic acid groups (broad SMARTS) is 1. The molecule has 0 aromatic heterocycles. The lowest BCUT2D eigenvalue weighted by Crippen LogP contribution is -2.10. The lowest BCUT2D eigenvalue weighted by molar-refractivity contribution is -0.138. The van der Waals surface area contributed by atoms with Gasteiger partial charge in [-0.3, -0.25) is 4.79 Å². The van der Waals surface area contributed by atoms with E-state index in [1.54, 1.807) is 6.08 Å².